The normalized spacial score (nSPS) is 36.8. The molecule has 2 saturated carbocycles. The van der Waals surface area contributed by atoms with Crippen LogP contribution >= 0.6 is 12.4 Å². The molecule has 3 fully saturated rings. The molecule has 5 heteroatoms. The van der Waals surface area contributed by atoms with E-state index in [1.807, 2.05) is 0 Å². The lowest BCUT2D eigenvalue weighted by molar-refractivity contribution is -0.122. The number of carbonyl (C=O) groups is 1. The second-order valence-electron chi connectivity index (χ2n) is 6.17. The number of amides is 1. The molecule has 0 aromatic carbocycles. The Balaban J connectivity index is 0.00000133. The summed E-state index contributed by atoms with van der Waals surface area (Å²) in [6.45, 7) is 3.20. The number of nitrogens with one attached hydrogen (secondary N) is 2. The van der Waals surface area contributed by atoms with Gasteiger partial charge in [0.1, 0.15) is 0 Å². The first-order valence-electron chi connectivity index (χ1n) is 7.39. The lowest BCUT2D eigenvalue weighted by Gasteiger charge is -2.25. The summed E-state index contributed by atoms with van der Waals surface area (Å²) in [6.07, 6.45) is 6.14. The molecule has 0 aromatic rings. The highest BCUT2D eigenvalue weighted by atomic mass is 35.5. The third-order valence-electron chi connectivity index (χ3n) is 4.88. The lowest BCUT2D eigenvalue weighted by Crippen LogP contribution is -2.44. The molecule has 4 nitrogen and oxygen atoms in total. The van der Waals surface area contributed by atoms with Gasteiger partial charge in [-0.05, 0) is 37.0 Å². The molecule has 3 rings (SSSR count). The molecular formula is C14H25ClN2O2. The molecule has 1 amide bonds. The van der Waals surface area contributed by atoms with E-state index in [4.69, 9.17) is 4.74 Å². The highest BCUT2D eigenvalue weighted by Gasteiger charge is 2.39. The maximum Gasteiger partial charge on any atom is 0.221 e. The van der Waals surface area contributed by atoms with E-state index in [9.17, 15) is 4.79 Å². The SMILES string of the molecule is Cl.O=C(CC1COCCN1)NCC1CC2CCC1C2. The molecule has 4 unspecified atom stereocenters. The maximum atomic E-state index is 11.9. The van der Waals surface area contributed by atoms with E-state index in [2.05, 4.69) is 10.6 Å². The fourth-order valence-corrected chi connectivity index (χ4v) is 3.92. The average molecular weight is 289 g/mol. The zero-order chi connectivity index (χ0) is 12.4. The van der Waals surface area contributed by atoms with E-state index in [1.165, 1.54) is 25.7 Å². The van der Waals surface area contributed by atoms with Crippen LogP contribution in [0.5, 0.6) is 0 Å². The van der Waals surface area contributed by atoms with Crippen molar-refractivity contribution in [3.05, 3.63) is 0 Å². The molecular weight excluding hydrogens is 264 g/mol. The van der Waals surface area contributed by atoms with Crippen molar-refractivity contribution >= 4 is 18.3 Å². The van der Waals surface area contributed by atoms with E-state index in [-0.39, 0.29) is 24.4 Å². The molecule has 110 valence electrons. The Hall–Kier alpha value is -0.320. The predicted octanol–water partition coefficient (Wildman–Crippen LogP) is 1.34. The standard InChI is InChI=1S/C14H24N2O2.ClH/c17-14(7-13-9-18-4-3-15-13)16-8-12-6-10-1-2-11(12)5-10;/h10-13,15H,1-9H2,(H,16,17);1H. The molecule has 2 bridgehead atoms. The first-order chi connectivity index (χ1) is 8.81. The molecule has 0 aromatic heterocycles. The van der Waals surface area contributed by atoms with Crippen LogP contribution in [-0.2, 0) is 9.53 Å². The van der Waals surface area contributed by atoms with Gasteiger partial charge in [-0.1, -0.05) is 6.42 Å². The summed E-state index contributed by atoms with van der Waals surface area (Å²) in [5.74, 6) is 2.79. The van der Waals surface area contributed by atoms with Crippen LogP contribution in [0.1, 0.15) is 32.1 Å². The van der Waals surface area contributed by atoms with Gasteiger partial charge in [0.15, 0.2) is 0 Å². The third kappa shape index (κ3) is 3.83. The van der Waals surface area contributed by atoms with Gasteiger partial charge in [0, 0.05) is 25.6 Å². The van der Waals surface area contributed by atoms with Crippen molar-refractivity contribution in [3.63, 3.8) is 0 Å². The predicted molar refractivity (Wildman–Crippen MR) is 76.4 cm³/mol. The van der Waals surface area contributed by atoms with Gasteiger partial charge in [0.05, 0.1) is 13.2 Å². The molecule has 2 N–H and O–H groups in total. The first kappa shape index (κ1) is 15.1. The Morgan fingerprint density at radius 2 is 2.21 bits per heavy atom. The van der Waals surface area contributed by atoms with Gasteiger partial charge in [0.2, 0.25) is 5.91 Å². The molecule has 1 heterocycles. The smallest absolute Gasteiger partial charge is 0.221 e. The lowest BCUT2D eigenvalue weighted by atomic mass is 9.89. The first-order valence-corrected chi connectivity index (χ1v) is 7.39. The number of halogens is 1. The molecule has 0 radical (unpaired) electrons. The second kappa shape index (κ2) is 6.91. The quantitative estimate of drug-likeness (QED) is 0.821. The summed E-state index contributed by atoms with van der Waals surface area (Å²) < 4.78 is 5.36. The van der Waals surface area contributed by atoms with Crippen LogP contribution in [0.25, 0.3) is 0 Å². The minimum absolute atomic E-state index is 0. The summed E-state index contributed by atoms with van der Waals surface area (Å²) >= 11 is 0. The molecule has 3 aliphatic rings. The second-order valence-corrected chi connectivity index (χ2v) is 6.17. The van der Waals surface area contributed by atoms with Crippen molar-refractivity contribution in [2.24, 2.45) is 17.8 Å². The van der Waals surface area contributed by atoms with Crippen molar-refractivity contribution in [2.45, 2.75) is 38.1 Å². The van der Waals surface area contributed by atoms with Gasteiger partial charge in [-0.15, -0.1) is 12.4 Å². The monoisotopic (exact) mass is 288 g/mol. The Labute approximate surface area is 121 Å². The topological polar surface area (TPSA) is 50.4 Å². The highest BCUT2D eigenvalue weighted by molar-refractivity contribution is 5.85. The van der Waals surface area contributed by atoms with Crippen LogP contribution in [0, 0.1) is 17.8 Å². The van der Waals surface area contributed by atoms with Crippen LogP contribution in [0.4, 0.5) is 0 Å². The summed E-state index contributed by atoms with van der Waals surface area (Å²) in [4.78, 5) is 11.9. The average Bonchev–Trinajstić information content (AvgIpc) is 3.00. The summed E-state index contributed by atoms with van der Waals surface area (Å²) in [6, 6.07) is 0.207. The molecule has 0 spiro atoms. The zero-order valence-electron chi connectivity index (χ0n) is 11.4. The number of morpholine rings is 1. The number of fused-ring (bicyclic) bond motifs is 2. The van der Waals surface area contributed by atoms with Crippen molar-refractivity contribution in [3.8, 4) is 0 Å². The van der Waals surface area contributed by atoms with Crippen LogP contribution in [-0.4, -0.2) is 38.3 Å². The fourth-order valence-electron chi connectivity index (χ4n) is 3.92. The molecule has 1 aliphatic heterocycles. The Morgan fingerprint density at radius 1 is 1.32 bits per heavy atom. The highest BCUT2D eigenvalue weighted by Crippen LogP contribution is 2.47. The van der Waals surface area contributed by atoms with Crippen molar-refractivity contribution < 1.29 is 9.53 Å². The van der Waals surface area contributed by atoms with Crippen molar-refractivity contribution in [1.29, 1.82) is 0 Å². The van der Waals surface area contributed by atoms with E-state index < -0.39 is 0 Å². The van der Waals surface area contributed by atoms with E-state index in [0.29, 0.717) is 13.0 Å². The Morgan fingerprint density at radius 3 is 2.84 bits per heavy atom. The van der Waals surface area contributed by atoms with Gasteiger partial charge >= 0.3 is 0 Å². The molecule has 1 saturated heterocycles. The molecule has 2 aliphatic carbocycles. The van der Waals surface area contributed by atoms with E-state index in [1.54, 1.807) is 0 Å². The van der Waals surface area contributed by atoms with Gasteiger partial charge in [-0.25, -0.2) is 0 Å². The zero-order valence-corrected chi connectivity index (χ0v) is 12.2. The fraction of sp³-hybridized carbons (Fsp3) is 0.929. The van der Waals surface area contributed by atoms with Gasteiger partial charge in [-0.2, -0.15) is 0 Å². The summed E-state index contributed by atoms with van der Waals surface area (Å²) in [5.41, 5.74) is 0. The number of ether oxygens (including phenoxy) is 1. The number of hydrogen-bond donors (Lipinski definition) is 2. The number of carbonyl (C=O) groups excluding carboxylic acids is 1. The van der Waals surface area contributed by atoms with Gasteiger partial charge in [0.25, 0.3) is 0 Å². The molecule has 4 atom stereocenters. The third-order valence-corrected chi connectivity index (χ3v) is 4.88. The van der Waals surface area contributed by atoms with E-state index >= 15 is 0 Å². The summed E-state index contributed by atoms with van der Waals surface area (Å²) in [7, 11) is 0. The minimum Gasteiger partial charge on any atom is -0.378 e. The molecule has 19 heavy (non-hydrogen) atoms. The Kier molecular flexibility index (Phi) is 5.48. The number of rotatable bonds is 4. The van der Waals surface area contributed by atoms with Crippen LogP contribution < -0.4 is 10.6 Å². The van der Waals surface area contributed by atoms with Gasteiger partial charge in [-0.3, -0.25) is 4.79 Å². The van der Waals surface area contributed by atoms with E-state index in [0.717, 1.165) is 37.5 Å². The van der Waals surface area contributed by atoms with Crippen molar-refractivity contribution in [2.75, 3.05) is 26.3 Å². The largest absolute Gasteiger partial charge is 0.378 e. The van der Waals surface area contributed by atoms with Crippen LogP contribution in [0.2, 0.25) is 0 Å². The summed E-state index contributed by atoms with van der Waals surface area (Å²) in [5, 5.41) is 6.44. The van der Waals surface area contributed by atoms with Gasteiger partial charge < -0.3 is 15.4 Å². The Bertz CT molecular complexity index is 308. The van der Waals surface area contributed by atoms with Crippen LogP contribution in [0.3, 0.4) is 0 Å². The maximum absolute atomic E-state index is 11.9. The van der Waals surface area contributed by atoms with Crippen LogP contribution in [0.15, 0.2) is 0 Å². The number of hydrogen-bond acceptors (Lipinski definition) is 3. The van der Waals surface area contributed by atoms with Crippen molar-refractivity contribution in [1.82, 2.24) is 10.6 Å². The minimum atomic E-state index is 0.